The molecule has 82 valence electrons. The first-order valence-corrected chi connectivity index (χ1v) is 4.65. The van der Waals surface area contributed by atoms with Crippen LogP contribution in [-0.2, 0) is 0 Å². The second-order valence-corrected chi connectivity index (χ2v) is 3.45. The summed E-state index contributed by atoms with van der Waals surface area (Å²) in [6.07, 6.45) is 0. The molecule has 0 atom stereocenters. The Morgan fingerprint density at radius 3 is 2.33 bits per heavy atom. The molecule has 0 saturated carbocycles. The number of benzene rings is 1. The lowest BCUT2D eigenvalue weighted by molar-refractivity contribution is 0.0692. The molecule has 1 aromatic carbocycles. The van der Waals surface area contributed by atoms with Gasteiger partial charge in [0.1, 0.15) is 5.56 Å². The molecule has 0 unspecified atom stereocenters. The van der Waals surface area contributed by atoms with Crippen molar-refractivity contribution in [2.45, 2.75) is 0 Å². The van der Waals surface area contributed by atoms with Gasteiger partial charge in [-0.15, -0.1) is 0 Å². The molecule has 0 radical (unpaired) electrons. The van der Waals surface area contributed by atoms with Crippen molar-refractivity contribution < 1.29 is 23.8 Å². The SMILES string of the molecule is COc1c(Br)cc(C(=O)O)c(OC)c1F. The molecule has 0 aliphatic rings. The molecule has 0 aliphatic carbocycles. The molecule has 0 heterocycles. The molecule has 0 bridgehead atoms. The summed E-state index contributed by atoms with van der Waals surface area (Å²) < 4.78 is 23.3. The summed E-state index contributed by atoms with van der Waals surface area (Å²) >= 11 is 3.01. The average molecular weight is 279 g/mol. The van der Waals surface area contributed by atoms with E-state index in [4.69, 9.17) is 9.84 Å². The first kappa shape index (κ1) is 11.8. The van der Waals surface area contributed by atoms with E-state index < -0.39 is 11.8 Å². The number of carbonyl (C=O) groups is 1. The fraction of sp³-hybridized carbons (Fsp3) is 0.222. The van der Waals surface area contributed by atoms with Crippen LogP contribution in [0.5, 0.6) is 11.5 Å². The Hall–Kier alpha value is -1.30. The zero-order valence-electron chi connectivity index (χ0n) is 8.01. The maximum Gasteiger partial charge on any atom is 0.339 e. The van der Waals surface area contributed by atoms with Crippen LogP contribution in [0.25, 0.3) is 0 Å². The Balaban J connectivity index is 3.51. The highest BCUT2D eigenvalue weighted by Gasteiger charge is 2.22. The van der Waals surface area contributed by atoms with Gasteiger partial charge in [-0.05, 0) is 22.0 Å². The van der Waals surface area contributed by atoms with Gasteiger partial charge in [-0.1, -0.05) is 0 Å². The molecule has 15 heavy (non-hydrogen) atoms. The quantitative estimate of drug-likeness (QED) is 0.922. The van der Waals surface area contributed by atoms with Gasteiger partial charge in [0.15, 0.2) is 11.5 Å². The molecule has 1 rings (SSSR count). The number of aromatic carboxylic acids is 1. The molecule has 1 N–H and O–H groups in total. The van der Waals surface area contributed by atoms with Gasteiger partial charge in [0, 0.05) is 0 Å². The molecular formula is C9H8BrFO4. The molecule has 0 amide bonds. The maximum absolute atomic E-state index is 13.6. The van der Waals surface area contributed by atoms with Crippen LogP contribution in [0.4, 0.5) is 4.39 Å². The minimum absolute atomic E-state index is 0.0862. The summed E-state index contributed by atoms with van der Waals surface area (Å²) in [5, 5.41) is 8.80. The Bertz CT molecular complexity index is 406. The smallest absolute Gasteiger partial charge is 0.339 e. The number of halogens is 2. The Kier molecular flexibility index (Phi) is 3.52. The summed E-state index contributed by atoms with van der Waals surface area (Å²) in [5.74, 6) is -2.54. The molecule has 0 fully saturated rings. The van der Waals surface area contributed by atoms with E-state index >= 15 is 0 Å². The monoisotopic (exact) mass is 278 g/mol. The number of carboxylic acids is 1. The first-order valence-electron chi connectivity index (χ1n) is 3.86. The van der Waals surface area contributed by atoms with Gasteiger partial charge in [-0.3, -0.25) is 0 Å². The lowest BCUT2D eigenvalue weighted by Crippen LogP contribution is -2.04. The van der Waals surface area contributed by atoms with Crippen LogP contribution in [-0.4, -0.2) is 25.3 Å². The second kappa shape index (κ2) is 4.48. The first-order chi connectivity index (χ1) is 7.02. The van der Waals surface area contributed by atoms with Gasteiger partial charge in [-0.2, -0.15) is 4.39 Å². The third kappa shape index (κ3) is 2.04. The van der Waals surface area contributed by atoms with Crippen LogP contribution in [0.15, 0.2) is 10.5 Å². The standard InChI is InChI=1S/C9H8BrFO4/c1-14-7-4(9(12)13)3-5(10)8(15-2)6(7)11/h3H,1-2H3,(H,12,13). The van der Waals surface area contributed by atoms with Crippen molar-refractivity contribution in [3.8, 4) is 11.5 Å². The number of carboxylic acid groups (broad SMARTS) is 1. The molecule has 0 aliphatic heterocycles. The van der Waals surface area contributed by atoms with Gasteiger partial charge >= 0.3 is 5.97 Å². The summed E-state index contributed by atoms with van der Waals surface area (Å²) in [6.45, 7) is 0. The topological polar surface area (TPSA) is 55.8 Å². The minimum Gasteiger partial charge on any atom is -0.493 e. The average Bonchev–Trinajstić information content (AvgIpc) is 2.17. The van der Waals surface area contributed by atoms with E-state index in [0.29, 0.717) is 0 Å². The molecule has 1 aromatic rings. The number of ether oxygens (including phenoxy) is 2. The van der Waals surface area contributed by atoms with Crippen molar-refractivity contribution in [2.75, 3.05) is 14.2 Å². The van der Waals surface area contributed by atoms with Crippen molar-refractivity contribution in [3.63, 3.8) is 0 Å². The predicted octanol–water partition coefficient (Wildman–Crippen LogP) is 2.30. The molecule has 0 aromatic heterocycles. The van der Waals surface area contributed by atoms with Gasteiger partial charge < -0.3 is 14.6 Å². The summed E-state index contributed by atoms with van der Waals surface area (Å²) in [4.78, 5) is 10.8. The zero-order chi connectivity index (χ0) is 11.6. The zero-order valence-corrected chi connectivity index (χ0v) is 9.59. The van der Waals surface area contributed by atoms with Crippen LogP contribution in [0, 0.1) is 5.82 Å². The third-order valence-electron chi connectivity index (χ3n) is 1.77. The van der Waals surface area contributed by atoms with Crippen LogP contribution in [0.2, 0.25) is 0 Å². The van der Waals surface area contributed by atoms with E-state index in [1.54, 1.807) is 0 Å². The summed E-state index contributed by atoms with van der Waals surface area (Å²) in [6, 6.07) is 1.23. The fourth-order valence-electron chi connectivity index (χ4n) is 1.13. The van der Waals surface area contributed by atoms with Crippen LogP contribution >= 0.6 is 15.9 Å². The lowest BCUT2D eigenvalue weighted by atomic mass is 10.2. The number of hydrogen-bond acceptors (Lipinski definition) is 3. The van der Waals surface area contributed by atoms with Crippen molar-refractivity contribution >= 4 is 21.9 Å². The molecular weight excluding hydrogens is 271 g/mol. The normalized spacial score (nSPS) is 9.87. The molecule has 6 heteroatoms. The Morgan fingerprint density at radius 2 is 1.93 bits per heavy atom. The van der Waals surface area contributed by atoms with Crippen molar-refractivity contribution in [1.29, 1.82) is 0 Å². The molecule has 0 saturated heterocycles. The van der Waals surface area contributed by atoms with Crippen molar-refractivity contribution in [2.24, 2.45) is 0 Å². The van der Waals surface area contributed by atoms with Crippen molar-refractivity contribution in [1.82, 2.24) is 0 Å². The maximum atomic E-state index is 13.6. The predicted molar refractivity (Wildman–Crippen MR) is 54.2 cm³/mol. The van der Waals surface area contributed by atoms with Crippen LogP contribution < -0.4 is 9.47 Å². The Morgan fingerprint density at radius 1 is 1.40 bits per heavy atom. The van der Waals surface area contributed by atoms with E-state index in [9.17, 15) is 9.18 Å². The number of hydrogen-bond donors (Lipinski definition) is 1. The van der Waals surface area contributed by atoms with Gasteiger partial charge in [0.05, 0.1) is 18.7 Å². The van der Waals surface area contributed by atoms with Gasteiger partial charge in [0.2, 0.25) is 5.82 Å². The summed E-state index contributed by atoms with van der Waals surface area (Å²) in [7, 11) is 2.47. The highest BCUT2D eigenvalue weighted by Crippen LogP contribution is 2.36. The second-order valence-electron chi connectivity index (χ2n) is 2.59. The highest BCUT2D eigenvalue weighted by molar-refractivity contribution is 9.10. The Labute approximate surface area is 93.7 Å². The van der Waals surface area contributed by atoms with Gasteiger partial charge in [-0.25, -0.2) is 4.79 Å². The number of rotatable bonds is 3. The molecule has 0 spiro atoms. The number of methoxy groups -OCH3 is 2. The highest BCUT2D eigenvalue weighted by atomic mass is 79.9. The third-order valence-corrected chi connectivity index (χ3v) is 2.36. The largest absolute Gasteiger partial charge is 0.493 e. The minimum atomic E-state index is -1.27. The fourth-order valence-corrected chi connectivity index (χ4v) is 1.69. The van der Waals surface area contributed by atoms with Gasteiger partial charge in [0.25, 0.3) is 0 Å². The van der Waals surface area contributed by atoms with Crippen molar-refractivity contribution in [3.05, 3.63) is 21.9 Å². The molecule has 4 nitrogen and oxygen atoms in total. The van der Waals surface area contributed by atoms with E-state index in [1.807, 2.05) is 0 Å². The van der Waals surface area contributed by atoms with E-state index in [1.165, 1.54) is 20.3 Å². The van der Waals surface area contributed by atoms with Crippen LogP contribution in [0.1, 0.15) is 10.4 Å². The lowest BCUT2D eigenvalue weighted by Gasteiger charge is -2.11. The van der Waals surface area contributed by atoms with Crippen LogP contribution in [0.3, 0.4) is 0 Å². The van der Waals surface area contributed by atoms with E-state index in [-0.39, 0.29) is 21.5 Å². The summed E-state index contributed by atoms with van der Waals surface area (Å²) in [5.41, 5.74) is -0.261. The van der Waals surface area contributed by atoms with E-state index in [0.717, 1.165) is 0 Å². The van der Waals surface area contributed by atoms with E-state index in [2.05, 4.69) is 20.7 Å².